The summed E-state index contributed by atoms with van der Waals surface area (Å²) < 4.78 is 13.0. The Kier molecular flexibility index (Phi) is 2.84. The molecule has 1 nitrogen and oxygen atoms in total. The summed E-state index contributed by atoms with van der Waals surface area (Å²) in [4.78, 5) is 0. The predicted octanol–water partition coefficient (Wildman–Crippen LogP) is 1.53. The smallest absolute Gasteiger partial charge is 0.127 e. The van der Waals surface area contributed by atoms with Crippen molar-refractivity contribution in [3.05, 3.63) is 35.6 Å². The highest BCUT2D eigenvalue weighted by atomic mass is 19.1. The lowest BCUT2D eigenvalue weighted by molar-refractivity contribution is 0.284. The van der Waals surface area contributed by atoms with E-state index in [1.165, 1.54) is 6.07 Å². The van der Waals surface area contributed by atoms with Gasteiger partial charge in [0.15, 0.2) is 0 Å². The molecule has 1 rings (SSSR count). The Morgan fingerprint density at radius 1 is 1.50 bits per heavy atom. The summed E-state index contributed by atoms with van der Waals surface area (Å²) in [6, 6.07) is 6.19. The Morgan fingerprint density at radius 2 is 2.17 bits per heavy atom. The monoisotopic (exact) mass is 164 g/mol. The average molecular weight is 164 g/mol. The van der Waals surface area contributed by atoms with Gasteiger partial charge in [0.25, 0.3) is 0 Å². The maximum Gasteiger partial charge on any atom is 0.127 e. The van der Waals surface area contributed by atoms with Crippen LogP contribution in [0.15, 0.2) is 24.3 Å². The third-order valence-electron chi connectivity index (χ3n) is 1.66. The Labute approximate surface area is 70.9 Å². The molecule has 0 aliphatic heterocycles. The van der Waals surface area contributed by atoms with Gasteiger partial charge in [-0.05, 0) is 6.07 Å². The molecular formula is C10H9FO. The summed E-state index contributed by atoms with van der Waals surface area (Å²) in [7, 11) is 0. The second-order valence-corrected chi connectivity index (χ2v) is 2.42. The summed E-state index contributed by atoms with van der Waals surface area (Å²) in [5.74, 6) is 1.42. The number of hydrogen-bond donors (Lipinski definition) is 1. The van der Waals surface area contributed by atoms with Crippen LogP contribution in [-0.4, -0.2) is 11.7 Å². The van der Waals surface area contributed by atoms with Gasteiger partial charge in [-0.3, -0.25) is 0 Å². The van der Waals surface area contributed by atoms with Crippen LogP contribution in [0, 0.1) is 18.2 Å². The largest absolute Gasteiger partial charge is 0.395 e. The van der Waals surface area contributed by atoms with Crippen molar-refractivity contribution in [2.75, 3.05) is 6.61 Å². The first-order chi connectivity index (χ1) is 5.79. The number of aliphatic hydroxyl groups is 1. The Hall–Kier alpha value is -1.33. The first kappa shape index (κ1) is 8.76. The molecule has 0 saturated heterocycles. The van der Waals surface area contributed by atoms with Gasteiger partial charge in [-0.2, -0.15) is 0 Å². The highest BCUT2D eigenvalue weighted by molar-refractivity contribution is 5.27. The SMILES string of the molecule is C#CC(CO)c1ccccc1F. The quantitative estimate of drug-likeness (QED) is 0.657. The standard InChI is InChI=1S/C10H9FO/c1-2-8(7-12)9-5-3-4-6-10(9)11/h1,3-6,8,12H,7H2. The summed E-state index contributed by atoms with van der Waals surface area (Å²) in [5.41, 5.74) is 0.377. The molecule has 1 aromatic carbocycles. The molecule has 0 fully saturated rings. The van der Waals surface area contributed by atoms with E-state index >= 15 is 0 Å². The van der Waals surface area contributed by atoms with Gasteiger partial charge >= 0.3 is 0 Å². The van der Waals surface area contributed by atoms with Gasteiger partial charge in [0.2, 0.25) is 0 Å². The van der Waals surface area contributed by atoms with E-state index in [2.05, 4.69) is 5.92 Å². The van der Waals surface area contributed by atoms with Crippen LogP contribution in [0.4, 0.5) is 4.39 Å². The maximum absolute atomic E-state index is 13.0. The summed E-state index contributed by atoms with van der Waals surface area (Å²) in [6.45, 7) is -0.225. The normalized spacial score (nSPS) is 12.1. The molecule has 0 bridgehead atoms. The number of benzene rings is 1. The zero-order valence-corrected chi connectivity index (χ0v) is 6.50. The van der Waals surface area contributed by atoms with Gasteiger partial charge in [-0.1, -0.05) is 24.1 Å². The maximum atomic E-state index is 13.0. The molecule has 1 unspecified atom stereocenters. The number of terminal acetylenes is 1. The third kappa shape index (κ3) is 1.63. The van der Waals surface area contributed by atoms with E-state index in [0.29, 0.717) is 5.56 Å². The van der Waals surface area contributed by atoms with Crippen LogP contribution < -0.4 is 0 Å². The zero-order valence-electron chi connectivity index (χ0n) is 6.50. The van der Waals surface area contributed by atoms with Crippen LogP contribution in [0.2, 0.25) is 0 Å². The zero-order chi connectivity index (χ0) is 8.97. The molecule has 1 N–H and O–H groups in total. The highest BCUT2D eigenvalue weighted by Gasteiger charge is 2.10. The minimum Gasteiger partial charge on any atom is -0.395 e. The molecule has 0 spiro atoms. The van der Waals surface area contributed by atoms with Crippen LogP contribution in [0.5, 0.6) is 0 Å². The lowest BCUT2D eigenvalue weighted by Crippen LogP contribution is -2.03. The Balaban J connectivity index is 3.02. The average Bonchev–Trinajstić information content (AvgIpc) is 2.10. The molecule has 62 valence electrons. The second-order valence-electron chi connectivity index (χ2n) is 2.42. The molecule has 1 atom stereocenters. The van der Waals surface area contributed by atoms with Gasteiger partial charge in [-0.25, -0.2) is 4.39 Å². The van der Waals surface area contributed by atoms with Crippen LogP contribution >= 0.6 is 0 Å². The molecular weight excluding hydrogens is 155 g/mol. The molecule has 0 saturated carbocycles. The van der Waals surface area contributed by atoms with Crippen LogP contribution in [-0.2, 0) is 0 Å². The number of aliphatic hydroxyl groups excluding tert-OH is 1. The van der Waals surface area contributed by atoms with Gasteiger partial charge in [0.05, 0.1) is 12.5 Å². The van der Waals surface area contributed by atoms with Crippen molar-refractivity contribution in [3.63, 3.8) is 0 Å². The first-order valence-electron chi connectivity index (χ1n) is 3.61. The Morgan fingerprint density at radius 3 is 2.67 bits per heavy atom. The van der Waals surface area contributed by atoms with Gasteiger partial charge in [0, 0.05) is 5.56 Å². The van der Waals surface area contributed by atoms with Crippen LogP contribution in [0.25, 0.3) is 0 Å². The predicted molar refractivity (Wildman–Crippen MR) is 45.1 cm³/mol. The molecule has 0 aromatic heterocycles. The first-order valence-corrected chi connectivity index (χ1v) is 3.61. The molecule has 0 amide bonds. The molecule has 0 aliphatic rings. The lowest BCUT2D eigenvalue weighted by Gasteiger charge is -2.07. The lowest BCUT2D eigenvalue weighted by atomic mass is 10.0. The Bertz CT molecular complexity index is 301. The van der Waals surface area contributed by atoms with Crippen LogP contribution in [0.1, 0.15) is 11.5 Å². The van der Waals surface area contributed by atoms with E-state index < -0.39 is 5.92 Å². The molecule has 0 aliphatic carbocycles. The van der Waals surface area contributed by atoms with E-state index in [1.807, 2.05) is 0 Å². The van der Waals surface area contributed by atoms with Crippen molar-refractivity contribution in [2.24, 2.45) is 0 Å². The third-order valence-corrected chi connectivity index (χ3v) is 1.66. The molecule has 1 aromatic rings. The van der Waals surface area contributed by atoms with Crippen molar-refractivity contribution in [1.82, 2.24) is 0 Å². The molecule has 0 heterocycles. The summed E-state index contributed by atoms with van der Waals surface area (Å²) in [6.07, 6.45) is 5.11. The fraction of sp³-hybridized carbons (Fsp3) is 0.200. The van der Waals surface area contributed by atoms with E-state index in [-0.39, 0.29) is 12.4 Å². The number of rotatable bonds is 2. The van der Waals surface area contributed by atoms with Gasteiger partial charge < -0.3 is 5.11 Å². The fourth-order valence-corrected chi connectivity index (χ4v) is 0.999. The minimum absolute atomic E-state index is 0.225. The van der Waals surface area contributed by atoms with E-state index in [9.17, 15) is 4.39 Å². The van der Waals surface area contributed by atoms with Crippen LogP contribution in [0.3, 0.4) is 0 Å². The number of hydrogen-bond acceptors (Lipinski definition) is 1. The molecule has 2 heteroatoms. The number of halogens is 1. The van der Waals surface area contributed by atoms with E-state index in [0.717, 1.165) is 0 Å². The molecule has 12 heavy (non-hydrogen) atoms. The van der Waals surface area contributed by atoms with Gasteiger partial charge in [-0.15, -0.1) is 6.42 Å². The van der Waals surface area contributed by atoms with Crippen molar-refractivity contribution in [3.8, 4) is 12.3 Å². The van der Waals surface area contributed by atoms with E-state index in [1.54, 1.807) is 18.2 Å². The fourth-order valence-electron chi connectivity index (χ4n) is 0.999. The van der Waals surface area contributed by atoms with E-state index in [4.69, 9.17) is 11.5 Å². The highest BCUT2D eigenvalue weighted by Crippen LogP contribution is 2.17. The van der Waals surface area contributed by atoms with Gasteiger partial charge in [0.1, 0.15) is 5.82 Å². The molecule has 0 radical (unpaired) electrons. The van der Waals surface area contributed by atoms with Crippen molar-refractivity contribution in [1.29, 1.82) is 0 Å². The second kappa shape index (κ2) is 3.89. The van der Waals surface area contributed by atoms with Crippen molar-refractivity contribution in [2.45, 2.75) is 5.92 Å². The minimum atomic E-state index is -0.536. The van der Waals surface area contributed by atoms with Crippen molar-refractivity contribution < 1.29 is 9.50 Å². The van der Waals surface area contributed by atoms with Crippen molar-refractivity contribution >= 4 is 0 Å². The summed E-state index contributed by atoms with van der Waals surface area (Å²) in [5, 5.41) is 8.79. The summed E-state index contributed by atoms with van der Waals surface area (Å²) >= 11 is 0. The topological polar surface area (TPSA) is 20.2 Å².